The average molecular weight is 336 g/mol. The first-order valence-electron chi connectivity index (χ1n) is 7.62. The van der Waals surface area contributed by atoms with Gasteiger partial charge >= 0.3 is 0 Å². The predicted molar refractivity (Wildman–Crippen MR) is 97.6 cm³/mol. The molecular formula is C19H16N2O2S. The number of nitrogens with zero attached hydrogens (tertiary/aromatic N) is 1. The maximum Gasteiger partial charge on any atom is 0.134 e. The number of pyridine rings is 1. The second kappa shape index (κ2) is 6.37. The summed E-state index contributed by atoms with van der Waals surface area (Å²) in [7, 11) is 1.70. The number of hydrogen-bond donors (Lipinski definition) is 1. The summed E-state index contributed by atoms with van der Waals surface area (Å²) >= 11 is 1.70. The van der Waals surface area contributed by atoms with Gasteiger partial charge in [0.15, 0.2) is 0 Å². The lowest BCUT2D eigenvalue weighted by atomic mass is 10.0. The van der Waals surface area contributed by atoms with Gasteiger partial charge in [0.05, 0.1) is 19.9 Å². The standard InChI is InChI=1S/C19H16N2O2S/c1-22-16-7-2-6-14-18(16)15(17-8-4-10-24-17)12-21-19(14)20-11-13-5-3-9-23-13/h2-10,12H,11H2,1H3,(H,20,21). The molecule has 0 saturated heterocycles. The maximum atomic E-state index is 5.60. The predicted octanol–water partition coefficient (Wildman–Crippen LogP) is 5.18. The third-order valence-corrected chi connectivity index (χ3v) is 4.79. The van der Waals surface area contributed by atoms with Gasteiger partial charge in [0.25, 0.3) is 0 Å². The van der Waals surface area contributed by atoms with E-state index >= 15 is 0 Å². The Balaban J connectivity index is 1.83. The summed E-state index contributed by atoms with van der Waals surface area (Å²) in [5.74, 6) is 2.54. The summed E-state index contributed by atoms with van der Waals surface area (Å²) < 4.78 is 11.0. The third-order valence-electron chi connectivity index (χ3n) is 3.89. The van der Waals surface area contributed by atoms with Crippen LogP contribution >= 0.6 is 11.3 Å². The molecule has 0 atom stereocenters. The van der Waals surface area contributed by atoms with Crippen molar-refractivity contribution in [3.05, 3.63) is 66.1 Å². The highest BCUT2D eigenvalue weighted by Crippen LogP contribution is 2.39. The second-order valence-electron chi connectivity index (χ2n) is 5.31. The van der Waals surface area contributed by atoms with E-state index in [1.54, 1.807) is 24.7 Å². The van der Waals surface area contributed by atoms with Crippen molar-refractivity contribution in [1.29, 1.82) is 0 Å². The van der Waals surface area contributed by atoms with Crippen molar-refractivity contribution in [2.24, 2.45) is 0 Å². The summed E-state index contributed by atoms with van der Waals surface area (Å²) in [6.07, 6.45) is 3.58. The summed E-state index contributed by atoms with van der Waals surface area (Å²) in [6.45, 7) is 0.588. The van der Waals surface area contributed by atoms with Crippen LogP contribution in [-0.4, -0.2) is 12.1 Å². The maximum absolute atomic E-state index is 5.60. The molecule has 3 aromatic heterocycles. The lowest BCUT2D eigenvalue weighted by Gasteiger charge is -2.13. The van der Waals surface area contributed by atoms with Gasteiger partial charge in [-0.15, -0.1) is 11.3 Å². The van der Waals surface area contributed by atoms with Crippen LogP contribution in [0.25, 0.3) is 21.2 Å². The minimum atomic E-state index is 0.588. The Morgan fingerprint density at radius 2 is 2.12 bits per heavy atom. The highest BCUT2D eigenvalue weighted by atomic mass is 32.1. The molecule has 1 aromatic carbocycles. The molecule has 4 rings (SSSR count). The monoisotopic (exact) mass is 336 g/mol. The SMILES string of the molecule is COc1cccc2c(NCc3ccco3)ncc(-c3cccs3)c12. The fraction of sp³-hybridized carbons (Fsp3) is 0.105. The molecule has 0 aliphatic rings. The average Bonchev–Trinajstić information content (AvgIpc) is 3.32. The molecule has 5 heteroatoms. The Bertz CT molecular complexity index is 947. The fourth-order valence-corrected chi connectivity index (χ4v) is 3.53. The molecule has 0 saturated carbocycles. The van der Waals surface area contributed by atoms with Gasteiger partial charge in [-0.3, -0.25) is 0 Å². The van der Waals surface area contributed by atoms with Gasteiger partial charge in [0.1, 0.15) is 17.3 Å². The molecular weight excluding hydrogens is 320 g/mol. The number of aromatic nitrogens is 1. The third kappa shape index (κ3) is 2.63. The van der Waals surface area contributed by atoms with E-state index < -0.39 is 0 Å². The van der Waals surface area contributed by atoms with Crippen LogP contribution in [0.5, 0.6) is 5.75 Å². The highest BCUT2D eigenvalue weighted by molar-refractivity contribution is 7.13. The van der Waals surface area contributed by atoms with Crippen LogP contribution in [0.3, 0.4) is 0 Å². The largest absolute Gasteiger partial charge is 0.496 e. The Labute approximate surface area is 143 Å². The minimum absolute atomic E-state index is 0.588. The second-order valence-corrected chi connectivity index (χ2v) is 6.26. The molecule has 0 radical (unpaired) electrons. The van der Waals surface area contributed by atoms with Crippen molar-refractivity contribution in [2.75, 3.05) is 12.4 Å². The van der Waals surface area contributed by atoms with Crippen LogP contribution in [0, 0.1) is 0 Å². The zero-order valence-electron chi connectivity index (χ0n) is 13.2. The summed E-state index contributed by atoms with van der Waals surface area (Å²) in [5, 5.41) is 7.53. The zero-order chi connectivity index (χ0) is 16.4. The van der Waals surface area contributed by atoms with Gasteiger partial charge in [0.2, 0.25) is 0 Å². The van der Waals surface area contributed by atoms with Crippen LogP contribution < -0.4 is 10.1 Å². The molecule has 0 unspecified atom stereocenters. The minimum Gasteiger partial charge on any atom is -0.496 e. The number of hydrogen-bond acceptors (Lipinski definition) is 5. The van der Waals surface area contributed by atoms with Crippen LogP contribution in [0.2, 0.25) is 0 Å². The number of ether oxygens (including phenoxy) is 1. The van der Waals surface area contributed by atoms with Crippen LogP contribution in [0.1, 0.15) is 5.76 Å². The molecule has 0 amide bonds. The molecule has 0 aliphatic heterocycles. The topological polar surface area (TPSA) is 47.3 Å². The van der Waals surface area contributed by atoms with Crippen molar-refractivity contribution in [2.45, 2.75) is 6.54 Å². The number of thiophene rings is 1. The summed E-state index contributed by atoms with van der Waals surface area (Å²) in [5.41, 5.74) is 1.08. The van der Waals surface area contributed by atoms with E-state index in [1.165, 1.54) is 4.88 Å². The number of benzene rings is 1. The Morgan fingerprint density at radius 1 is 1.17 bits per heavy atom. The van der Waals surface area contributed by atoms with Crippen molar-refractivity contribution in [1.82, 2.24) is 4.98 Å². The number of methoxy groups -OCH3 is 1. The number of fused-ring (bicyclic) bond motifs is 1. The summed E-state index contributed by atoms with van der Waals surface area (Å²) in [4.78, 5) is 5.81. The Morgan fingerprint density at radius 3 is 2.88 bits per heavy atom. The fourth-order valence-electron chi connectivity index (χ4n) is 2.78. The van der Waals surface area contributed by atoms with E-state index in [9.17, 15) is 0 Å². The van der Waals surface area contributed by atoms with Gasteiger partial charge in [-0.25, -0.2) is 4.98 Å². The Kier molecular flexibility index (Phi) is 3.92. The van der Waals surface area contributed by atoms with Gasteiger partial charge in [-0.05, 0) is 29.6 Å². The lowest BCUT2D eigenvalue weighted by molar-refractivity contribution is 0.420. The lowest BCUT2D eigenvalue weighted by Crippen LogP contribution is -2.02. The number of nitrogens with one attached hydrogen (secondary N) is 1. The molecule has 0 spiro atoms. The van der Waals surface area contributed by atoms with Crippen molar-refractivity contribution < 1.29 is 9.15 Å². The normalized spacial score (nSPS) is 10.9. The van der Waals surface area contributed by atoms with Crippen LogP contribution in [-0.2, 0) is 6.54 Å². The zero-order valence-corrected chi connectivity index (χ0v) is 14.0. The van der Waals surface area contributed by atoms with Crippen molar-refractivity contribution in [3.8, 4) is 16.2 Å². The van der Waals surface area contributed by atoms with E-state index in [-0.39, 0.29) is 0 Å². The number of anilines is 1. The molecule has 4 aromatic rings. The molecule has 24 heavy (non-hydrogen) atoms. The van der Waals surface area contributed by atoms with E-state index in [2.05, 4.69) is 27.8 Å². The van der Waals surface area contributed by atoms with E-state index in [1.807, 2.05) is 36.5 Å². The van der Waals surface area contributed by atoms with E-state index in [4.69, 9.17) is 9.15 Å². The molecule has 0 fully saturated rings. The first-order chi connectivity index (χ1) is 11.9. The van der Waals surface area contributed by atoms with Gasteiger partial charge < -0.3 is 14.5 Å². The molecule has 0 bridgehead atoms. The molecule has 3 heterocycles. The number of furan rings is 1. The van der Waals surface area contributed by atoms with Crippen LogP contribution in [0.15, 0.2) is 64.7 Å². The highest BCUT2D eigenvalue weighted by Gasteiger charge is 2.14. The molecule has 1 N–H and O–H groups in total. The molecule has 120 valence electrons. The van der Waals surface area contributed by atoms with Crippen molar-refractivity contribution >= 4 is 27.9 Å². The molecule has 4 nitrogen and oxygen atoms in total. The number of rotatable bonds is 5. The van der Waals surface area contributed by atoms with E-state index in [0.29, 0.717) is 6.54 Å². The Hall–Kier alpha value is -2.79. The first-order valence-corrected chi connectivity index (χ1v) is 8.50. The van der Waals surface area contributed by atoms with Gasteiger partial charge in [-0.2, -0.15) is 0 Å². The first kappa shape index (κ1) is 14.8. The van der Waals surface area contributed by atoms with Crippen molar-refractivity contribution in [3.63, 3.8) is 0 Å². The van der Waals surface area contributed by atoms with Gasteiger partial charge in [-0.1, -0.05) is 18.2 Å². The van der Waals surface area contributed by atoms with Gasteiger partial charge in [0, 0.05) is 27.4 Å². The quantitative estimate of drug-likeness (QED) is 0.546. The van der Waals surface area contributed by atoms with Crippen LogP contribution in [0.4, 0.5) is 5.82 Å². The summed E-state index contributed by atoms with van der Waals surface area (Å²) in [6, 6.07) is 14.0. The smallest absolute Gasteiger partial charge is 0.134 e. The van der Waals surface area contributed by atoms with E-state index in [0.717, 1.165) is 33.7 Å². The molecule has 0 aliphatic carbocycles.